The second-order valence-corrected chi connectivity index (χ2v) is 7.47. The van der Waals surface area contributed by atoms with E-state index in [0.717, 1.165) is 25.6 Å². The molecule has 0 bridgehead atoms. The molecule has 1 aliphatic rings. The lowest BCUT2D eigenvalue weighted by Gasteiger charge is -2.24. The molecule has 1 fully saturated rings. The summed E-state index contributed by atoms with van der Waals surface area (Å²) in [6.45, 7) is 14.8. The van der Waals surface area contributed by atoms with Gasteiger partial charge in [-0.15, -0.1) is 24.0 Å². The van der Waals surface area contributed by atoms with E-state index in [-0.39, 0.29) is 24.0 Å². The topological polar surface area (TPSA) is 27.6 Å². The summed E-state index contributed by atoms with van der Waals surface area (Å²) in [5, 5.41) is 3.50. The number of nitrogens with one attached hydrogen (secondary N) is 1. The van der Waals surface area contributed by atoms with Crippen molar-refractivity contribution in [1.29, 1.82) is 0 Å². The van der Waals surface area contributed by atoms with Crippen molar-refractivity contribution in [2.45, 2.75) is 53.9 Å². The van der Waals surface area contributed by atoms with Crippen molar-refractivity contribution in [3.63, 3.8) is 0 Å². The summed E-state index contributed by atoms with van der Waals surface area (Å²) in [7, 11) is 1.89. The third-order valence-electron chi connectivity index (χ3n) is 3.58. The third-order valence-corrected chi connectivity index (χ3v) is 3.58. The molecule has 4 heteroatoms. The van der Waals surface area contributed by atoms with E-state index in [2.05, 4.69) is 49.8 Å². The SMILES string of the molecule is CN=C(NCCCC(C)(C)C)N1CCC(C)(C)C1.I. The summed E-state index contributed by atoms with van der Waals surface area (Å²) in [4.78, 5) is 6.79. The van der Waals surface area contributed by atoms with Crippen LogP contribution in [-0.4, -0.2) is 37.5 Å². The molecule has 0 saturated carbocycles. The fourth-order valence-electron chi connectivity index (χ4n) is 2.44. The molecule has 3 nitrogen and oxygen atoms in total. The van der Waals surface area contributed by atoms with Gasteiger partial charge >= 0.3 is 0 Å². The van der Waals surface area contributed by atoms with Gasteiger partial charge in [-0.2, -0.15) is 0 Å². The Morgan fingerprint density at radius 1 is 1.32 bits per heavy atom. The molecule has 1 N–H and O–H groups in total. The van der Waals surface area contributed by atoms with Crippen molar-refractivity contribution in [3.8, 4) is 0 Å². The second kappa shape index (κ2) is 7.70. The molecule has 19 heavy (non-hydrogen) atoms. The first-order valence-electron chi connectivity index (χ1n) is 7.19. The van der Waals surface area contributed by atoms with Crippen LogP contribution in [0.5, 0.6) is 0 Å². The molecule has 0 atom stereocenters. The Morgan fingerprint density at radius 2 is 1.95 bits per heavy atom. The molecule has 1 heterocycles. The van der Waals surface area contributed by atoms with Gasteiger partial charge in [-0.25, -0.2) is 0 Å². The zero-order chi connectivity index (χ0) is 13.8. The summed E-state index contributed by atoms with van der Waals surface area (Å²) in [6, 6.07) is 0. The van der Waals surface area contributed by atoms with E-state index in [0.29, 0.717) is 10.8 Å². The molecule has 0 spiro atoms. The highest BCUT2D eigenvalue weighted by Gasteiger charge is 2.30. The van der Waals surface area contributed by atoms with Crippen LogP contribution in [0.25, 0.3) is 0 Å². The molecule has 1 rings (SSSR count). The van der Waals surface area contributed by atoms with Gasteiger partial charge in [0.25, 0.3) is 0 Å². The van der Waals surface area contributed by atoms with E-state index in [1.54, 1.807) is 0 Å². The van der Waals surface area contributed by atoms with Crippen LogP contribution in [0.15, 0.2) is 4.99 Å². The van der Waals surface area contributed by atoms with Gasteiger partial charge in [-0.1, -0.05) is 34.6 Å². The first kappa shape index (κ1) is 19.0. The Kier molecular flexibility index (Phi) is 7.70. The standard InChI is InChI=1S/C15H31N3.HI/c1-14(2,3)8-7-10-17-13(16-6)18-11-9-15(4,5)12-18;/h7-12H2,1-6H3,(H,16,17);1H. The van der Waals surface area contributed by atoms with Crippen molar-refractivity contribution >= 4 is 29.9 Å². The number of aliphatic imine (C=N–C) groups is 1. The summed E-state index contributed by atoms with van der Waals surface area (Å²) >= 11 is 0. The zero-order valence-corrected chi connectivity index (χ0v) is 15.9. The second-order valence-electron chi connectivity index (χ2n) is 7.47. The quantitative estimate of drug-likeness (QED) is 0.349. The third kappa shape index (κ3) is 7.37. The van der Waals surface area contributed by atoms with Crippen LogP contribution in [-0.2, 0) is 0 Å². The van der Waals surface area contributed by atoms with E-state index < -0.39 is 0 Å². The van der Waals surface area contributed by atoms with Crippen molar-refractivity contribution in [3.05, 3.63) is 0 Å². The molecule has 1 saturated heterocycles. The highest BCUT2D eigenvalue weighted by atomic mass is 127. The molecule has 0 aromatic carbocycles. The van der Waals surface area contributed by atoms with Gasteiger partial charge in [0.15, 0.2) is 5.96 Å². The molecule has 0 aliphatic carbocycles. The van der Waals surface area contributed by atoms with Gasteiger partial charge in [-0.05, 0) is 30.1 Å². The average Bonchev–Trinajstić information content (AvgIpc) is 2.57. The van der Waals surface area contributed by atoms with Gasteiger partial charge < -0.3 is 10.2 Å². The molecule has 0 unspecified atom stereocenters. The Bertz CT molecular complexity index is 292. The maximum atomic E-state index is 4.40. The maximum Gasteiger partial charge on any atom is 0.193 e. The Balaban J connectivity index is 0.00000324. The van der Waals surface area contributed by atoms with Crippen LogP contribution >= 0.6 is 24.0 Å². The maximum absolute atomic E-state index is 4.40. The van der Waals surface area contributed by atoms with Crippen LogP contribution in [0.2, 0.25) is 0 Å². The zero-order valence-electron chi connectivity index (χ0n) is 13.5. The largest absolute Gasteiger partial charge is 0.356 e. The molecular weight excluding hydrogens is 349 g/mol. The molecular formula is C15H32IN3. The number of nitrogens with zero attached hydrogens (tertiary/aromatic N) is 2. The number of rotatable bonds is 3. The number of halogens is 1. The molecule has 1 aliphatic heterocycles. The monoisotopic (exact) mass is 381 g/mol. The normalized spacial score (nSPS) is 19.3. The molecule has 114 valence electrons. The Morgan fingerprint density at radius 3 is 2.37 bits per heavy atom. The molecule has 0 radical (unpaired) electrons. The van der Waals surface area contributed by atoms with Crippen LogP contribution in [0.1, 0.15) is 53.9 Å². The summed E-state index contributed by atoms with van der Waals surface area (Å²) in [6.07, 6.45) is 3.72. The van der Waals surface area contributed by atoms with Gasteiger partial charge in [-0.3, -0.25) is 4.99 Å². The minimum absolute atomic E-state index is 0. The summed E-state index contributed by atoms with van der Waals surface area (Å²) < 4.78 is 0. The highest BCUT2D eigenvalue weighted by molar-refractivity contribution is 14.0. The van der Waals surface area contributed by atoms with E-state index in [1.165, 1.54) is 19.3 Å². The lowest BCUT2D eigenvalue weighted by molar-refractivity contribution is 0.357. The van der Waals surface area contributed by atoms with Crippen LogP contribution in [0.4, 0.5) is 0 Å². The van der Waals surface area contributed by atoms with E-state index in [9.17, 15) is 0 Å². The smallest absolute Gasteiger partial charge is 0.193 e. The van der Waals surface area contributed by atoms with Crippen molar-refractivity contribution in [2.75, 3.05) is 26.7 Å². The fourth-order valence-corrected chi connectivity index (χ4v) is 2.44. The minimum Gasteiger partial charge on any atom is -0.356 e. The molecule has 0 aromatic rings. The lowest BCUT2D eigenvalue weighted by atomic mass is 9.91. The fraction of sp³-hybridized carbons (Fsp3) is 0.933. The van der Waals surface area contributed by atoms with Gasteiger partial charge in [0.05, 0.1) is 0 Å². The predicted molar refractivity (Wildman–Crippen MR) is 95.4 cm³/mol. The van der Waals surface area contributed by atoms with Gasteiger partial charge in [0.2, 0.25) is 0 Å². The first-order chi connectivity index (χ1) is 8.23. The van der Waals surface area contributed by atoms with Crippen LogP contribution in [0, 0.1) is 10.8 Å². The van der Waals surface area contributed by atoms with Crippen LogP contribution in [0.3, 0.4) is 0 Å². The average molecular weight is 381 g/mol. The van der Waals surface area contributed by atoms with Gasteiger partial charge in [0, 0.05) is 26.7 Å². The van der Waals surface area contributed by atoms with Crippen molar-refractivity contribution < 1.29 is 0 Å². The van der Waals surface area contributed by atoms with Crippen molar-refractivity contribution in [1.82, 2.24) is 10.2 Å². The lowest BCUT2D eigenvalue weighted by Crippen LogP contribution is -2.41. The minimum atomic E-state index is 0. The number of guanidine groups is 1. The van der Waals surface area contributed by atoms with Crippen LogP contribution < -0.4 is 5.32 Å². The summed E-state index contributed by atoms with van der Waals surface area (Å²) in [5.41, 5.74) is 0.865. The number of hydrogen-bond donors (Lipinski definition) is 1. The molecule has 0 amide bonds. The van der Waals surface area contributed by atoms with E-state index in [1.807, 2.05) is 7.05 Å². The number of hydrogen-bond acceptors (Lipinski definition) is 1. The summed E-state index contributed by atoms with van der Waals surface area (Å²) in [5.74, 6) is 1.08. The molecule has 0 aromatic heterocycles. The first-order valence-corrected chi connectivity index (χ1v) is 7.19. The van der Waals surface area contributed by atoms with Crippen molar-refractivity contribution in [2.24, 2.45) is 15.8 Å². The van der Waals surface area contributed by atoms with E-state index in [4.69, 9.17) is 0 Å². The van der Waals surface area contributed by atoms with E-state index >= 15 is 0 Å². The number of likely N-dealkylation sites (tertiary alicyclic amines) is 1. The predicted octanol–water partition coefficient (Wildman–Crippen LogP) is 3.74. The highest BCUT2D eigenvalue weighted by Crippen LogP contribution is 2.28. The Labute approximate surface area is 136 Å². The Hall–Kier alpha value is 0. The van der Waals surface area contributed by atoms with Gasteiger partial charge in [0.1, 0.15) is 0 Å².